The standard InChI is InChI=1S/C24H31NO3S/c1-5-28-23(27)21-18-8-6-7-9-19(18)29-22(21)25-20(26)15-12-16-10-13-17(14-11-16)24(2,3)4/h10-11,13-14H,5-9,12,15H2,1-4H3,(H,25,26). The molecule has 2 aromatic rings. The van der Waals surface area contributed by atoms with Crippen LogP contribution in [0.25, 0.3) is 0 Å². The molecule has 4 nitrogen and oxygen atoms in total. The van der Waals surface area contributed by atoms with Crippen molar-refractivity contribution in [3.05, 3.63) is 51.4 Å². The lowest BCUT2D eigenvalue weighted by Gasteiger charge is -2.19. The molecule has 0 spiro atoms. The summed E-state index contributed by atoms with van der Waals surface area (Å²) in [4.78, 5) is 26.3. The quantitative estimate of drug-likeness (QED) is 0.621. The van der Waals surface area contributed by atoms with Crippen molar-refractivity contribution in [3.63, 3.8) is 0 Å². The second-order valence-corrected chi connectivity index (χ2v) is 9.74. The Morgan fingerprint density at radius 2 is 1.79 bits per heavy atom. The largest absolute Gasteiger partial charge is 0.462 e. The molecule has 5 heteroatoms. The van der Waals surface area contributed by atoms with Crippen molar-refractivity contribution in [2.75, 3.05) is 11.9 Å². The van der Waals surface area contributed by atoms with Crippen molar-refractivity contribution in [2.24, 2.45) is 0 Å². The van der Waals surface area contributed by atoms with Crippen molar-refractivity contribution >= 4 is 28.2 Å². The molecule has 0 fully saturated rings. The Hall–Kier alpha value is -2.14. The SMILES string of the molecule is CCOC(=O)c1c(NC(=O)CCc2ccc(C(C)(C)C)cc2)sc2c1CCCC2. The summed E-state index contributed by atoms with van der Waals surface area (Å²) in [5.74, 6) is -0.381. The molecular weight excluding hydrogens is 382 g/mol. The second kappa shape index (κ2) is 9.12. The first-order valence-electron chi connectivity index (χ1n) is 10.5. The number of amides is 1. The van der Waals surface area contributed by atoms with Crippen LogP contribution in [0, 0.1) is 0 Å². The van der Waals surface area contributed by atoms with E-state index in [0.717, 1.165) is 36.8 Å². The van der Waals surface area contributed by atoms with Gasteiger partial charge >= 0.3 is 5.97 Å². The summed E-state index contributed by atoms with van der Waals surface area (Å²) in [6.45, 7) is 8.72. The maximum Gasteiger partial charge on any atom is 0.341 e. The van der Waals surface area contributed by atoms with Crippen LogP contribution < -0.4 is 5.32 Å². The van der Waals surface area contributed by atoms with Crippen LogP contribution in [-0.2, 0) is 34.2 Å². The summed E-state index contributed by atoms with van der Waals surface area (Å²) in [6.07, 6.45) is 5.13. The van der Waals surface area contributed by atoms with Crippen LogP contribution in [0.1, 0.15) is 78.9 Å². The number of ether oxygens (including phenoxy) is 1. The van der Waals surface area contributed by atoms with E-state index in [-0.39, 0.29) is 17.3 Å². The average molecular weight is 414 g/mol. The lowest BCUT2D eigenvalue weighted by molar-refractivity contribution is -0.116. The minimum atomic E-state index is -0.319. The molecule has 1 aliphatic carbocycles. The Kier molecular flexibility index (Phi) is 6.78. The number of benzene rings is 1. The van der Waals surface area contributed by atoms with Gasteiger partial charge in [0, 0.05) is 11.3 Å². The number of rotatable bonds is 6. The smallest absolute Gasteiger partial charge is 0.341 e. The minimum absolute atomic E-state index is 0.0611. The van der Waals surface area contributed by atoms with Crippen LogP contribution in [0.4, 0.5) is 5.00 Å². The first-order chi connectivity index (χ1) is 13.8. The van der Waals surface area contributed by atoms with Gasteiger partial charge in [-0.25, -0.2) is 4.79 Å². The third kappa shape index (κ3) is 5.27. The molecule has 1 amide bonds. The van der Waals surface area contributed by atoms with E-state index in [1.54, 1.807) is 6.92 Å². The molecule has 0 bridgehead atoms. The Balaban J connectivity index is 1.67. The van der Waals surface area contributed by atoms with E-state index < -0.39 is 0 Å². The van der Waals surface area contributed by atoms with Gasteiger partial charge in [0.05, 0.1) is 12.2 Å². The molecule has 1 heterocycles. The van der Waals surface area contributed by atoms with Gasteiger partial charge in [0.2, 0.25) is 5.91 Å². The zero-order chi connectivity index (χ0) is 21.0. The molecule has 29 heavy (non-hydrogen) atoms. The number of fused-ring (bicyclic) bond motifs is 1. The van der Waals surface area contributed by atoms with Gasteiger partial charge in [-0.1, -0.05) is 45.0 Å². The molecule has 0 saturated carbocycles. The van der Waals surface area contributed by atoms with Gasteiger partial charge in [-0.2, -0.15) is 0 Å². The maximum atomic E-state index is 12.6. The second-order valence-electron chi connectivity index (χ2n) is 8.63. The van der Waals surface area contributed by atoms with Crippen LogP contribution in [0.2, 0.25) is 0 Å². The molecule has 1 aromatic heterocycles. The topological polar surface area (TPSA) is 55.4 Å². The number of anilines is 1. The third-order valence-corrected chi connectivity index (χ3v) is 6.57. The molecule has 1 aromatic carbocycles. The van der Waals surface area contributed by atoms with Gasteiger partial charge in [-0.15, -0.1) is 11.3 Å². The van der Waals surface area contributed by atoms with Crippen LogP contribution in [0.3, 0.4) is 0 Å². The maximum absolute atomic E-state index is 12.6. The van der Waals surface area contributed by atoms with Crippen LogP contribution in [0.15, 0.2) is 24.3 Å². The summed E-state index contributed by atoms with van der Waals surface area (Å²) in [5, 5.41) is 3.65. The molecule has 0 unspecified atom stereocenters. The van der Waals surface area contributed by atoms with Crippen molar-refractivity contribution in [1.29, 1.82) is 0 Å². The summed E-state index contributed by atoms with van der Waals surface area (Å²) in [5.41, 5.74) is 4.21. The van der Waals surface area contributed by atoms with E-state index in [1.807, 2.05) is 0 Å². The monoisotopic (exact) mass is 413 g/mol. The van der Waals surface area contributed by atoms with E-state index in [2.05, 4.69) is 50.4 Å². The van der Waals surface area contributed by atoms with Crippen molar-refractivity contribution < 1.29 is 14.3 Å². The molecule has 156 valence electrons. The average Bonchev–Trinajstić information content (AvgIpc) is 3.04. The highest BCUT2D eigenvalue weighted by molar-refractivity contribution is 7.17. The molecule has 0 aliphatic heterocycles. The summed E-state index contributed by atoms with van der Waals surface area (Å²) >= 11 is 1.54. The zero-order valence-corrected chi connectivity index (χ0v) is 18.7. The third-order valence-electron chi connectivity index (χ3n) is 5.36. The fourth-order valence-corrected chi connectivity index (χ4v) is 4.99. The van der Waals surface area contributed by atoms with Gasteiger partial charge in [-0.3, -0.25) is 4.79 Å². The number of carbonyl (C=O) groups excluding carboxylic acids is 2. The minimum Gasteiger partial charge on any atom is -0.462 e. The van der Waals surface area contributed by atoms with Gasteiger partial charge < -0.3 is 10.1 Å². The van der Waals surface area contributed by atoms with Gasteiger partial charge in [0.15, 0.2) is 0 Å². The Labute approximate surface area is 177 Å². The summed E-state index contributed by atoms with van der Waals surface area (Å²) in [6, 6.07) is 8.47. The fourth-order valence-electron chi connectivity index (χ4n) is 3.69. The Morgan fingerprint density at radius 1 is 1.10 bits per heavy atom. The molecular formula is C24H31NO3S. The summed E-state index contributed by atoms with van der Waals surface area (Å²) in [7, 11) is 0. The lowest BCUT2D eigenvalue weighted by atomic mass is 9.86. The number of carbonyl (C=O) groups is 2. The number of hydrogen-bond donors (Lipinski definition) is 1. The Bertz CT molecular complexity index is 875. The number of esters is 1. The highest BCUT2D eigenvalue weighted by Gasteiger charge is 2.27. The van der Waals surface area contributed by atoms with Crippen LogP contribution in [-0.4, -0.2) is 18.5 Å². The van der Waals surface area contributed by atoms with E-state index in [0.29, 0.717) is 30.0 Å². The van der Waals surface area contributed by atoms with Crippen molar-refractivity contribution in [2.45, 2.75) is 71.6 Å². The zero-order valence-electron chi connectivity index (χ0n) is 17.9. The number of aryl methyl sites for hydroxylation is 2. The predicted molar refractivity (Wildman–Crippen MR) is 119 cm³/mol. The first kappa shape index (κ1) is 21.6. The van der Waals surface area contributed by atoms with Crippen molar-refractivity contribution in [1.82, 2.24) is 0 Å². The number of nitrogens with one attached hydrogen (secondary N) is 1. The normalized spacial score (nSPS) is 13.7. The van der Waals surface area contributed by atoms with E-state index in [9.17, 15) is 9.59 Å². The molecule has 0 saturated heterocycles. The summed E-state index contributed by atoms with van der Waals surface area (Å²) < 4.78 is 5.26. The first-order valence-corrected chi connectivity index (χ1v) is 11.3. The van der Waals surface area contributed by atoms with Crippen LogP contribution >= 0.6 is 11.3 Å². The Morgan fingerprint density at radius 3 is 2.45 bits per heavy atom. The molecule has 3 rings (SSSR count). The van der Waals surface area contributed by atoms with E-state index >= 15 is 0 Å². The van der Waals surface area contributed by atoms with Gasteiger partial charge in [-0.05, 0) is 61.1 Å². The highest BCUT2D eigenvalue weighted by atomic mass is 32.1. The molecule has 0 radical (unpaired) electrons. The van der Waals surface area contributed by atoms with Gasteiger partial charge in [0.25, 0.3) is 0 Å². The van der Waals surface area contributed by atoms with Crippen LogP contribution in [0.5, 0.6) is 0 Å². The number of hydrogen-bond acceptors (Lipinski definition) is 4. The fraction of sp³-hybridized carbons (Fsp3) is 0.500. The lowest BCUT2D eigenvalue weighted by Crippen LogP contribution is -2.16. The number of thiophene rings is 1. The van der Waals surface area contributed by atoms with E-state index in [1.165, 1.54) is 21.8 Å². The molecule has 1 aliphatic rings. The molecule has 0 atom stereocenters. The molecule has 1 N–H and O–H groups in total. The van der Waals surface area contributed by atoms with E-state index in [4.69, 9.17) is 4.74 Å². The highest BCUT2D eigenvalue weighted by Crippen LogP contribution is 2.38. The van der Waals surface area contributed by atoms with Crippen molar-refractivity contribution in [3.8, 4) is 0 Å². The predicted octanol–water partition coefficient (Wildman–Crippen LogP) is 5.67. The van der Waals surface area contributed by atoms with Gasteiger partial charge in [0.1, 0.15) is 5.00 Å².